The Morgan fingerprint density at radius 2 is 1.05 bits per heavy atom. The molecule has 0 saturated heterocycles. The molecule has 0 N–H and O–H groups in total. The highest BCUT2D eigenvalue weighted by Crippen LogP contribution is 2.58. The quantitative estimate of drug-likeness (QED) is 0.762. The molecule has 2 aromatic rings. The van der Waals surface area contributed by atoms with Crippen molar-refractivity contribution in [3.63, 3.8) is 0 Å². The molecule has 0 amide bonds. The highest BCUT2D eigenvalue weighted by atomic mass is 31.2. The molecule has 0 aliphatic rings. The zero-order chi connectivity index (χ0) is 15.0. The molecule has 0 aliphatic carbocycles. The van der Waals surface area contributed by atoms with E-state index in [0.717, 1.165) is 11.1 Å². The van der Waals surface area contributed by atoms with Crippen LogP contribution in [0, 0.1) is 13.8 Å². The van der Waals surface area contributed by atoms with E-state index in [0.29, 0.717) is 0 Å². The van der Waals surface area contributed by atoms with Crippen LogP contribution in [0.5, 0.6) is 0 Å². The minimum absolute atomic E-state index is 0.181. The van der Waals surface area contributed by atoms with Crippen LogP contribution in [-0.2, 0) is 4.57 Å². The standard InChI is InChI=1S/C15H14F3OP/c1-11-3-7-13(8-4-11)20(19,15(16,17)18)14-9-5-12(2)6-10-14/h3-10H,1-2H3. The van der Waals surface area contributed by atoms with Crippen molar-refractivity contribution in [3.8, 4) is 0 Å². The molecule has 20 heavy (non-hydrogen) atoms. The maximum atomic E-state index is 13.4. The van der Waals surface area contributed by atoms with Gasteiger partial charge in [-0.1, -0.05) is 59.7 Å². The van der Waals surface area contributed by atoms with Gasteiger partial charge in [0.05, 0.1) is 0 Å². The van der Waals surface area contributed by atoms with E-state index in [2.05, 4.69) is 0 Å². The highest BCUT2D eigenvalue weighted by molar-refractivity contribution is 7.79. The SMILES string of the molecule is Cc1ccc(P(=O)(c2ccc(C)cc2)C(F)(F)F)cc1. The molecule has 0 aliphatic heterocycles. The van der Waals surface area contributed by atoms with Crippen molar-refractivity contribution in [3.05, 3.63) is 59.7 Å². The third-order valence-corrected chi connectivity index (χ3v) is 5.92. The van der Waals surface area contributed by atoms with Crippen LogP contribution in [0.2, 0.25) is 0 Å². The Balaban J connectivity index is 2.66. The Morgan fingerprint density at radius 3 is 1.30 bits per heavy atom. The molecule has 0 fully saturated rings. The number of benzene rings is 2. The van der Waals surface area contributed by atoms with E-state index >= 15 is 0 Å². The first-order valence-electron chi connectivity index (χ1n) is 6.06. The van der Waals surface area contributed by atoms with E-state index in [9.17, 15) is 17.7 Å². The molecular formula is C15H14F3OP. The van der Waals surface area contributed by atoms with E-state index in [4.69, 9.17) is 0 Å². The van der Waals surface area contributed by atoms with Gasteiger partial charge in [-0.3, -0.25) is 0 Å². The zero-order valence-electron chi connectivity index (χ0n) is 11.1. The second kappa shape index (κ2) is 5.10. The zero-order valence-corrected chi connectivity index (χ0v) is 12.0. The van der Waals surface area contributed by atoms with Gasteiger partial charge < -0.3 is 4.57 Å². The third kappa shape index (κ3) is 2.53. The fourth-order valence-electron chi connectivity index (χ4n) is 1.95. The lowest BCUT2D eigenvalue weighted by Crippen LogP contribution is -2.27. The Bertz CT molecular complexity index is 593. The van der Waals surface area contributed by atoms with Crippen molar-refractivity contribution in [1.29, 1.82) is 0 Å². The summed E-state index contributed by atoms with van der Waals surface area (Å²) in [5.74, 6) is -4.79. The van der Waals surface area contributed by atoms with Crippen LogP contribution in [0.1, 0.15) is 11.1 Å². The minimum Gasteiger partial charge on any atom is -0.304 e. The van der Waals surface area contributed by atoms with Gasteiger partial charge >= 0.3 is 5.92 Å². The number of alkyl halides is 3. The van der Waals surface area contributed by atoms with Gasteiger partial charge in [-0.2, -0.15) is 13.2 Å². The summed E-state index contributed by atoms with van der Waals surface area (Å²) < 4.78 is 53.0. The molecule has 0 unspecified atom stereocenters. The van der Waals surface area contributed by atoms with Gasteiger partial charge in [0.25, 0.3) is 0 Å². The van der Waals surface area contributed by atoms with Crippen LogP contribution in [0.15, 0.2) is 48.5 Å². The summed E-state index contributed by atoms with van der Waals surface area (Å²) in [7, 11) is -4.65. The molecule has 0 saturated carbocycles. The second-order valence-electron chi connectivity index (χ2n) is 4.75. The Hall–Kier alpha value is -1.54. The molecule has 0 spiro atoms. The Labute approximate surface area is 115 Å². The highest BCUT2D eigenvalue weighted by Gasteiger charge is 2.53. The van der Waals surface area contributed by atoms with Crippen molar-refractivity contribution < 1.29 is 17.7 Å². The van der Waals surface area contributed by atoms with Gasteiger partial charge in [-0.15, -0.1) is 0 Å². The molecule has 5 heteroatoms. The first kappa shape index (κ1) is 14.9. The van der Waals surface area contributed by atoms with Crippen molar-refractivity contribution in [1.82, 2.24) is 0 Å². The van der Waals surface area contributed by atoms with E-state index in [1.807, 2.05) is 0 Å². The van der Waals surface area contributed by atoms with Crippen molar-refractivity contribution in [2.24, 2.45) is 0 Å². The monoisotopic (exact) mass is 298 g/mol. The minimum atomic E-state index is -4.79. The smallest absolute Gasteiger partial charge is 0.304 e. The van der Waals surface area contributed by atoms with Crippen molar-refractivity contribution >= 4 is 17.8 Å². The van der Waals surface area contributed by atoms with Crippen LogP contribution in [0.3, 0.4) is 0 Å². The Kier molecular flexibility index (Phi) is 3.79. The molecular weight excluding hydrogens is 284 g/mol. The molecule has 1 nitrogen and oxygen atoms in total. The van der Waals surface area contributed by atoms with E-state index in [1.165, 1.54) is 24.3 Å². The molecule has 106 valence electrons. The first-order chi connectivity index (χ1) is 9.25. The molecule has 2 rings (SSSR count). The van der Waals surface area contributed by atoms with E-state index in [-0.39, 0.29) is 10.6 Å². The van der Waals surface area contributed by atoms with Crippen LogP contribution >= 0.6 is 7.14 Å². The lowest BCUT2D eigenvalue weighted by Gasteiger charge is -2.22. The van der Waals surface area contributed by atoms with Crippen molar-refractivity contribution in [2.75, 3.05) is 0 Å². The largest absolute Gasteiger partial charge is 0.448 e. The molecule has 0 bridgehead atoms. The number of hydrogen-bond acceptors (Lipinski definition) is 1. The number of aryl methyl sites for hydroxylation is 2. The predicted octanol–water partition coefficient (Wildman–Crippen LogP) is 4.14. The van der Waals surface area contributed by atoms with Gasteiger partial charge in [-0.05, 0) is 13.8 Å². The predicted molar refractivity (Wildman–Crippen MR) is 75.3 cm³/mol. The van der Waals surface area contributed by atoms with Crippen molar-refractivity contribution in [2.45, 2.75) is 19.8 Å². The normalized spacial score (nSPS) is 12.4. The molecule has 0 atom stereocenters. The van der Waals surface area contributed by atoms with Gasteiger partial charge in [0.15, 0.2) is 0 Å². The summed E-state index contributed by atoms with van der Waals surface area (Å²) >= 11 is 0. The first-order valence-corrected chi connectivity index (χ1v) is 7.77. The fraction of sp³-hybridized carbons (Fsp3) is 0.200. The maximum Gasteiger partial charge on any atom is 0.448 e. The van der Waals surface area contributed by atoms with E-state index < -0.39 is 13.1 Å². The van der Waals surface area contributed by atoms with Crippen LogP contribution in [0.4, 0.5) is 13.2 Å². The van der Waals surface area contributed by atoms with Crippen LogP contribution in [0.25, 0.3) is 0 Å². The van der Waals surface area contributed by atoms with Gasteiger partial charge in [0.2, 0.25) is 7.14 Å². The van der Waals surface area contributed by atoms with Gasteiger partial charge in [0.1, 0.15) is 0 Å². The summed E-state index contributed by atoms with van der Waals surface area (Å²) in [4.78, 5) is 0. The molecule has 0 aromatic heterocycles. The number of halogens is 3. The summed E-state index contributed by atoms with van der Waals surface area (Å²) in [6.45, 7) is 3.54. The lowest BCUT2D eigenvalue weighted by molar-refractivity contribution is -0.0437. The third-order valence-electron chi connectivity index (χ3n) is 3.15. The summed E-state index contributed by atoms with van der Waals surface area (Å²) in [5, 5.41) is -0.362. The lowest BCUT2D eigenvalue weighted by atomic mass is 10.2. The second-order valence-corrected chi connectivity index (χ2v) is 7.51. The Morgan fingerprint density at radius 1 is 0.750 bits per heavy atom. The van der Waals surface area contributed by atoms with Crippen LogP contribution in [-0.4, -0.2) is 5.92 Å². The maximum absolute atomic E-state index is 13.4. The molecule has 0 radical (unpaired) electrons. The topological polar surface area (TPSA) is 17.1 Å². The summed E-state index contributed by atoms with van der Waals surface area (Å²) in [6, 6.07) is 11.4. The fourth-order valence-corrected chi connectivity index (χ4v) is 3.97. The van der Waals surface area contributed by atoms with E-state index in [1.54, 1.807) is 38.1 Å². The van der Waals surface area contributed by atoms with Gasteiger partial charge in [0, 0.05) is 10.6 Å². The number of hydrogen-bond donors (Lipinski definition) is 0. The number of rotatable bonds is 2. The van der Waals surface area contributed by atoms with Gasteiger partial charge in [-0.25, -0.2) is 0 Å². The average Bonchev–Trinajstić information content (AvgIpc) is 2.38. The average molecular weight is 298 g/mol. The molecule has 2 aromatic carbocycles. The summed E-state index contributed by atoms with van der Waals surface area (Å²) in [6.07, 6.45) is 0. The summed E-state index contributed by atoms with van der Waals surface area (Å²) in [5.41, 5.74) is 1.65. The molecule has 0 heterocycles. The van der Waals surface area contributed by atoms with Crippen LogP contribution < -0.4 is 10.6 Å².